The Balaban J connectivity index is 0. The number of thioether (sulfide) groups is 1. The fourth-order valence-corrected chi connectivity index (χ4v) is 0.558. The Kier molecular flexibility index (Phi) is 20.8. The molecule has 2 nitrogen and oxygen atoms in total. The first-order valence-electron chi connectivity index (χ1n) is 3.60. The Bertz CT molecular complexity index is 34.6. The van der Waals surface area contributed by atoms with E-state index in [-0.39, 0.29) is 0 Å². The fraction of sp³-hybridized carbons (Fsp3) is 1.00. The van der Waals surface area contributed by atoms with Gasteiger partial charge in [-0.1, -0.05) is 0 Å². The Labute approximate surface area is 68.5 Å². The van der Waals surface area contributed by atoms with Gasteiger partial charge in [-0.3, -0.25) is 0 Å². The molecule has 0 spiro atoms. The lowest BCUT2D eigenvalue weighted by atomic mass is 10.8. The predicted molar refractivity (Wildman–Crippen MR) is 49.6 cm³/mol. The molecule has 0 aromatic rings. The molecule has 3 heteroatoms. The number of rotatable bonds is 4. The Morgan fingerprint density at radius 3 is 1.80 bits per heavy atom. The van der Waals surface area contributed by atoms with E-state index in [1.807, 2.05) is 20.1 Å². The lowest BCUT2D eigenvalue weighted by Gasteiger charge is -1.86. The van der Waals surface area contributed by atoms with E-state index in [1.54, 1.807) is 11.8 Å². The third kappa shape index (κ3) is 24.0. The van der Waals surface area contributed by atoms with Crippen LogP contribution in [0.1, 0.15) is 13.8 Å². The van der Waals surface area contributed by atoms with Gasteiger partial charge in [-0.05, 0) is 20.1 Å². The van der Waals surface area contributed by atoms with Crippen LogP contribution < -0.4 is 5.73 Å². The molecule has 0 aromatic carbocycles. The SMILES string of the molecule is CCOCC.CSCCN. The Morgan fingerprint density at radius 1 is 1.30 bits per heavy atom. The van der Waals surface area contributed by atoms with Crippen molar-refractivity contribution in [2.75, 3.05) is 31.8 Å². The molecule has 0 aliphatic carbocycles. The van der Waals surface area contributed by atoms with Crippen LogP contribution in [0.5, 0.6) is 0 Å². The van der Waals surface area contributed by atoms with Crippen molar-refractivity contribution in [3.05, 3.63) is 0 Å². The molecule has 0 unspecified atom stereocenters. The molecule has 10 heavy (non-hydrogen) atoms. The first-order valence-corrected chi connectivity index (χ1v) is 4.99. The molecular formula is C7H19NOS. The van der Waals surface area contributed by atoms with E-state index >= 15 is 0 Å². The van der Waals surface area contributed by atoms with Crippen molar-refractivity contribution in [3.8, 4) is 0 Å². The van der Waals surface area contributed by atoms with E-state index in [1.165, 1.54) is 0 Å². The summed E-state index contributed by atoms with van der Waals surface area (Å²) in [6.07, 6.45) is 2.05. The second-order valence-corrected chi connectivity index (χ2v) is 2.55. The molecule has 0 heterocycles. The number of hydrogen-bond donors (Lipinski definition) is 1. The van der Waals surface area contributed by atoms with Crippen molar-refractivity contribution in [2.24, 2.45) is 5.73 Å². The zero-order chi connectivity index (χ0) is 8.24. The molecule has 0 amide bonds. The molecule has 0 radical (unpaired) electrons. The average molecular weight is 165 g/mol. The zero-order valence-electron chi connectivity index (χ0n) is 7.22. The van der Waals surface area contributed by atoms with Gasteiger partial charge in [-0.25, -0.2) is 0 Å². The summed E-state index contributed by atoms with van der Waals surface area (Å²) in [7, 11) is 0. The first kappa shape index (κ1) is 12.9. The van der Waals surface area contributed by atoms with Crippen LogP contribution in [0.2, 0.25) is 0 Å². The fourth-order valence-electron chi connectivity index (χ4n) is 0.322. The summed E-state index contributed by atoms with van der Waals surface area (Å²) in [6, 6.07) is 0. The highest BCUT2D eigenvalue weighted by atomic mass is 32.2. The molecule has 0 fully saturated rings. The topological polar surface area (TPSA) is 35.2 Å². The quantitative estimate of drug-likeness (QED) is 0.683. The maximum atomic E-state index is 5.12. The first-order chi connectivity index (χ1) is 4.83. The summed E-state index contributed by atoms with van der Waals surface area (Å²) < 4.78 is 4.83. The van der Waals surface area contributed by atoms with Crippen molar-refractivity contribution in [2.45, 2.75) is 13.8 Å². The monoisotopic (exact) mass is 165 g/mol. The normalized spacial score (nSPS) is 8.40. The van der Waals surface area contributed by atoms with Gasteiger partial charge in [-0.2, -0.15) is 11.8 Å². The molecule has 0 rings (SSSR count). The second-order valence-electron chi connectivity index (χ2n) is 1.56. The third-order valence-corrected chi connectivity index (χ3v) is 1.37. The van der Waals surface area contributed by atoms with Gasteiger partial charge in [0.05, 0.1) is 0 Å². The summed E-state index contributed by atoms with van der Waals surface area (Å²) in [5.41, 5.74) is 5.12. The number of hydrogen-bond acceptors (Lipinski definition) is 3. The minimum atomic E-state index is 0.807. The highest BCUT2D eigenvalue weighted by molar-refractivity contribution is 7.98. The van der Waals surface area contributed by atoms with Crippen molar-refractivity contribution < 1.29 is 4.74 Å². The number of nitrogens with two attached hydrogens (primary N) is 1. The van der Waals surface area contributed by atoms with Crippen LogP contribution in [0.25, 0.3) is 0 Å². The van der Waals surface area contributed by atoms with Crippen LogP contribution in [0.4, 0.5) is 0 Å². The highest BCUT2D eigenvalue weighted by Gasteiger charge is 1.67. The van der Waals surface area contributed by atoms with Gasteiger partial charge < -0.3 is 10.5 Å². The van der Waals surface area contributed by atoms with Crippen LogP contribution in [0.15, 0.2) is 0 Å². The number of ether oxygens (including phenoxy) is 1. The third-order valence-electron chi connectivity index (χ3n) is 0.730. The molecule has 2 N–H and O–H groups in total. The van der Waals surface area contributed by atoms with Crippen LogP contribution in [-0.4, -0.2) is 31.8 Å². The van der Waals surface area contributed by atoms with Crippen molar-refractivity contribution in [1.29, 1.82) is 0 Å². The second kappa shape index (κ2) is 16.1. The van der Waals surface area contributed by atoms with Gasteiger partial charge in [0.1, 0.15) is 0 Å². The van der Waals surface area contributed by atoms with Crippen LogP contribution in [0, 0.1) is 0 Å². The zero-order valence-corrected chi connectivity index (χ0v) is 8.04. The molecular weight excluding hydrogens is 146 g/mol. The van der Waals surface area contributed by atoms with Crippen LogP contribution >= 0.6 is 11.8 Å². The van der Waals surface area contributed by atoms with Crippen molar-refractivity contribution >= 4 is 11.8 Å². The highest BCUT2D eigenvalue weighted by Crippen LogP contribution is 1.83. The molecule has 0 saturated heterocycles. The maximum absolute atomic E-state index is 5.12. The average Bonchev–Trinajstić information content (AvgIpc) is 1.93. The van der Waals surface area contributed by atoms with Gasteiger partial charge in [0.25, 0.3) is 0 Å². The largest absolute Gasteiger partial charge is 0.382 e. The van der Waals surface area contributed by atoms with Gasteiger partial charge >= 0.3 is 0 Å². The Hall–Kier alpha value is 0.270. The molecule has 0 aliphatic heterocycles. The van der Waals surface area contributed by atoms with E-state index < -0.39 is 0 Å². The summed E-state index contributed by atoms with van der Waals surface area (Å²) in [4.78, 5) is 0. The van der Waals surface area contributed by atoms with Crippen LogP contribution in [0.3, 0.4) is 0 Å². The van der Waals surface area contributed by atoms with Gasteiger partial charge in [0.2, 0.25) is 0 Å². The molecule has 0 aliphatic rings. The summed E-state index contributed by atoms with van der Waals surface area (Å²) in [5.74, 6) is 1.08. The van der Waals surface area contributed by atoms with E-state index in [0.717, 1.165) is 25.5 Å². The van der Waals surface area contributed by atoms with Crippen molar-refractivity contribution in [1.82, 2.24) is 0 Å². The van der Waals surface area contributed by atoms with Crippen molar-refractivity contribution in [3.63, 3.8) is 0 Å². The van der Waals surface area contributed by atoms with Gasteiger partial charge in [0, 0.05) is 25.5 Å². The van der Waals surface area contributed by atoms with E-state index in [2.05, 4.69) is 0 Å². The molecule has 0 saturated carbocycles. The molecule has 0 atom stereocenters. The smallest absolute Gasteiger partial charge is 0.0437 e. The van der Waals surface area contributed by atoms with Gasteiger partial charge in [-0.15, -0.1) is 0 Å². The molecule has 0 bridgehead atoms. The molecule has 64 valence electrons. The standard InChI is InChI=1S/C4H10O.C3H9NS/c1-3-5-4-2;1-5-3-2-4/h3-4H2,1-2H3;2-4H2,1H3. The van der Waals surface area contributed by atoms with E-state index in [0.29, 0.717) is 0 Å². The Morgan fingerprint density at radius 2 is 1.80 bits per heavy atom. The minimum absolute atomic E-state index is 0.807. The van der Waals surface area contributed by atoms with E-state index in [9.17, 15) is 0 Å². The minimum Gasteiger partial charge on any atom is -0.382 e. The summed E-state index contributed by atoms with van der Waals surface area (Å²) in [5, 5.41) is 0. The predicted octanol–water partition coefficient (Wildman–Crippen LogP) is 1.35. The lowest BCUT2D eigenvalue weighted by Crippen LogP contribution is -1.99. The summed E-state index contributed by atoms with van der Waals surface area (Å²) >= 11 is 1.78. The maximum Gasteiger partial charge on any atom is 0.0437 e. The van der Waals surface area contributed by atoms with Gasteiger partial charge in [0.15, 0.2) is 0 Å². The van der Waals surface area contributed by atoms with E-state index in [4.69, 9.17) is 10.5 Å². The molecule has 0 aromatic heterocycles. The lowest BCUT2D eigenvalue weighted by molar-refractivity contribution is 0.162. The summed E-state index contributed by atoms with van der Waals surface area (Å²) in [6.45, 7) is 6.47. The van der Waals surface area contributed by atoms with Crippen LogP contribution in [-0.2, 0) is 4.74 Å².